The molecule has 1 rings (SSSR count). The van der Waals surface area contributed by atoms with Gasteiger partial charge in [0.15, 0.2) is 0 Å². The maximum atomic E-state index is 8.46. The first kappa shape index (κ1) is 12.2. The Morgan fingerprint density at radius 2 is 2.00 bits per heavy atom. The highest BCUT2D eigenvalue weighted by molar-refractivity contribution is 9.10. The van der Waals surface area contributed by atoms with Crippen molar-refractivity contribution in [2.45, 2.75) is 27.2 Å². The minimum absolute atomic E-state index is 0.474. The molecule has 13 heavy (non-hydrogen) atoms. The van der Waals surface area contributed by atoms with E-state index in [-0.39, 0.29) is 0 Å². The van der Waals surface area contributed by atoms with Crippen LogP contribution >= 0.6 is 15.9 Å². The van der Waals surface area contributed by atoms with Crippen molar-refractivity contribution >= 4 is 15.9 Å². The highest BCUT2D eigenvalue weighted by Gasteiger charge is 1.99. The van der Waals surface area contributed by atoms with Gasteiger partial charge in [0, 0.05) is 4.47 Å². The molecular weight excluding hydrogens is 226 g/mol. The molecule has 1 aromatic carbocycles. The van der Waals surface area contributed by atoms with Crippen LogP contribution < -0.4 is 0 Å². The summed E-state index contributed by atoms with van der Waals surface area (Å²) in [5.41, 5.74) is 2.24. The summed E-state index contributed by atoms with van der Waals surface area (Å²) in [6.07, 6.45) is 0.474. The van der Waals surface area contributed by atoms with Crippen molar-refractivity contribution in [3.63, 3.8) is 0 Å². The van der Waals surface area contributed by atoms with Gasteiger partial charge in [0.05, 0.1) is 12.5 Å². The molecule has 0 aliphatic carbocycles. The van der Waals surface area contributed by atoms with Crippen molar-refractivity contribution in [3.05, 3.63) is 33.8 Å². The molecule has 0 unspecified atom stereocenters. The van der Waals surface area contributed by atoms with Crippen LogP contribution in [0.25, 0.3) is 0 Å². The van der Waals surface area contributed by atoms with Crippen LogP contribution in [0.2, 0.25) is 0 Å². The molecule has 70 valence electrons. The van der Waals surface area contributed by atoms with Crippen molar-refractivity contribution in [1.82, 2.24) is 0 Å². The molecule has 0 atom stereocenters. The lowest BCUT2D eigenvalue weighted by Crippen LogP contribution is -1.85. The van der Waals surface area contributed by atoms with E-state index in [0.717, 1.165) is 10.0 Å². The standard InChI is InChI=1S/C9H8BrN.C2H6/c1-7-3-2-4-8(5-6-11)9(7)10;1-2/h2-4H,5H2,1H3;1-2H3. The number of rotatable bonds is 1. The van der Waals surface area contributed by atoms with E-state index in [1.807, 2.05) is 39.0 Å². The van der Waals surface area contributed by atoms with Gasteiger partial charge in [-0.1, -0.05) is 48.0 Å². The summed E-state index contributed by atoms with van der Waals surface area (Å²) < 4.78 is 1.06. The molecule has 0 aliphatic rings. The van der Waals surface area contributed by atoms with E-state index in [0.29, 0.717) is 6.42 Å². The van der Waals surface area contributed by atoms with Crippen molar-refractivity contribution in [1.29, 1.82) is 5.26 Å². The molecule has 0 amide bonds. The SMILES string of the molecule is CC.Cc1cccc(CC#N)c1Br. The van der Waals surface area contributed by atoms with Crippen molar-refractivity contribution < 1.29 is 0 Å². The zero-order valence-corrected chi connectivity index (χ0v) is 9.85. The van der Waals surface area contributed by atoms with Crippen LogP contribution in [0.1, 0.15) is 25.0 Å². The number of nitriles is 1. The van der Waals surface area contributed by atoms with E-state index in [1.54, 1.807) is 0 Å². The third-order valence-electron chi connectivity index (χ3n) is 1.54. The molecular formula is C11H14BrN. The van der Waals surface area contributed by atoms with Gasteiger partial charge in [-0.25, -0.2) is 0 Å². The van der Waals surface area contributed by atoms with Gasteiger partial charge in [0.1, 0.15) is 0 Å². The first-order valence-electron chi connectivity index (χ1n) is 4.36. The van der Waals surface area contributed by atoms with Crippen LogP contribution in [0.5, 0.6) is 0 Å². The Labute approximate surface area is 88.5 Å². The smallest absolute Gasteiger partial charge is 0.0670 e. The molecule has 0 saturated heterocycles. The molecule has 1 nitrogen and oxygen atoms in total. The molecule has 0 heterocycles. The average molecular weight is 240 g/mol. The second-order valence-electron chi connectivity index (χ2n) is 2.38. The number of benzene rings is 1. The zero-order valence-electron chi connectivity index (χ0n) is 8.26. The highest BCUT2D eigenvalue weighted by atomic mass is 79.9. The maximum absolute atomic E-state index is 8.46. The lowest BCUT2D eigenvalue weighted by Gasteiger charge is -2.01. The summed E-state index contributed by atoms with van der Waals surface area (Å²) in [7, 11) is 0. The van der Waals surface area contributed by atoms with E-state index in [4.69, 9.17) is 5.26 Å². The van der Waals surface area contributed by atoms with Gasteiger partial charge in [0.25, 0.3) is 0 Å². The van der Waals surface area contributed by atoms with E-state index < -0.39 is 0 Å². The summed E-state index contributed by atoms with van der Waals surface area (Å²) in [5.74, 6) is 0. The molecule has 0 fully saturated rings. The van der Waals surface area contributed by atoms with Gasteiger partial charge in [-0.3, -0.25) is 0 Å². The average Bonchev–Trinajstić information content (AvgIpc) is 2.17. The summed E-state index contributed by atoms with van der Waals surface area (Å²) in [5, 5.41) is 8.46. The summed E-state index contributed by atoms with van der Waals surface area (Å²) >= 11 is 3.43. The summed E-state index contributed by atoms with van der Waals surface area (Å²) in [6.45, 7) is 6.02. The molecule has 0 aromatic heterocycles. The predicted molar refractivity (Wildman–Crippen MR) is 59.5 cm³/mol. The molecule has 2 heteroatoms. The number of halogens is 1. The lowest BCUT2D eigenvalue weighted by atomic mass is 10.1. The molecule has 0 N–H and O–H groups in total. The van der Waals surface area contributed by atoms with Crippen LogP contribution in [0.15, 0.2) is 22.7 Å². The minimum Gasteiger partial charge on any atom is -0.198 e. The fourth-order valence-corrected chi connectivity index (χ4v) is 1.33. The third kappa shape index (κ3) is 3.61. The van der Waals surface area contributed by atoms with Crippen molar-refractivity contribution in [2.24, 2.45) is 0 Å². The van der Waals surface area contributed by atoms with Gasteiger partial charge in [-0.05, 0) is 18.1 Å². The second-order valence-corrected chi connectivity index (χ2v) is 3.18. The quantitative estimate of drug-likeness (QED) is 0.731. The molecule has 0 bridgehead atoms. The van der Waals surface area contributed by atoms with Gasteiger partial charge in [-0.2, -0.15) is 5.26 Å². The van der Waals surface area contributed by atoms with Crippen LogP contribution in [-0.2, 0) is 6.42 Å². The number of hydrogen-bond donors (Lipinski definition) is 0. The summed E-state index contributed by atoms with van der Waals surface area (Å²) in [4.78, 5) is 0. The molecule has 1 aromatic rings. The van der Waals surface area contributed by atoms with E-state index >= 15 is 0 Å². The minimum atomic E-state index is 0.474. The first-order chi connectivity index (χ1) is 6.25. The topological polar surface area (TPSA) is 23.8 Å². The zero-order chi connectivity index (χ0) is 10.3. The lowest BCUT2D eigenvalue weighted by molar-refractivity contribution is 1.22. The second kappa shape index (κ2) is 6.68. The van der Waals surface area contributed by atoms with Gasteiger partial charge >= 0.3 is 0 Å². The first-order valence-corrected chi connectivity index (χ1v) is 5.16. The molecule has 0 radical (unpaired) electrons. The Balaban J connectivity index is 0.000000671. The fraction of sp³-hybridized carbons (Fsp3) is 0.364. The normalized spacial score (nSPS) is 8.23. The molecule has 0 spiro atoms. The Bertz CT molecular complexity index is 299. The van der Waals surface area contributed by atoms with Gasteiger partial charge < -0.3 is 0 Å². The Kier molecular flexibility index (Phi) is 6.26. The fourth-order valence-electron chi connectivity index (χ4n) is 0.930. The number of nitrogens with zero attached hydrogens (tertiary/aromatic N) is 1. The number of aryl methyl sites for hydroxylation is 1. The van der Waals surface area contributed by atoms with E-state index in [9.17, 15) is 0 Å². The predicted octanol–water partition coefficient (Wildman–Crippen LogP) is 3.85. The Hall–Kier alpha value is -0.810. The monoisotopic (exact) mass is 239 g/mol. The van der Waals surface area contributed by atoms with Crippen LogP contribution in [0.4, 0.5) is 0 Å². The van der Waals surface area contributed by atoms with Gasteiger partial charge in [-0.15, -0.1) is 0 Å². The Morgan fingerprint density at radius 1 is 1.38 bits per heavy atom. The van der Waals surface area contributed by atoms with Crippen LogP contribution in [0.3, 0.4) is 0 Å². The van der Waals surface area contributed by atoms with Crippen molar-refractivity contribution in [3.8, 4) is 6.07 Å². The summed E-state index contributed by atoms with van der Waals surface area (Å²) in [6, 6.07) is 8.06. The molecule has 0 saturated carbocycles. The van der Waals surface area contributed by atoms with Gasteiger partial charge in [0.2, 0.25) is 0 Å². The maximum Gasteiger partial charge on any atom is 0.0670 e. The number of hydrogen-bond acceptors (Lipinski definition) is 1. The van der Waals surface area contributed by atoms with E-state index in [2.05, 4.69) is 22.0 Å². The van der Waals surface area contributed by atoms with Crippen LogP contribution in [-0.4, -0.2) is 0 Å². The largest absolute Gasteiger partial charge is 0.198 e. The highest BCUT2D eigenvalue weighted by Crippen LogP contribution is 2.20. The molecule has 0 aliphatic heterocycles. The Morgan fingerprint density at radius 3 is 2.54 bits per heavy atom. The van der Waals surface area contributed by atoms with Crippen LogP contribution in [0, 0.1) is 18.3 Å². The van der Waals surface area contributed by atoms with Crippen molar-refractivity contribution in [2.75, 3.05) is 0 Å². The van der Waals surface area contributed by atoms with E-state index in [1.165, 1.54) is 5.56 Å². The third-order valence-corrected chi connectivity index (χ3v) is 2.68.